The third kappa shape index (κ3) is 1.56. The fourth-order valence-electron chi connectivity index (χ4n) is 1.99. The maximum absolute atomic E-state index is 5.35. The first kappa shape index (κ1) is 9.90. The SMILES string of the molecule is COc1c[c]ccc1-c1c[nH]c2ncccc12. The molecule has 2 aromatic heterocycles. The van der Waals surface area contributed by atoms with Gasteiger partial charge in [0.2, 0.25) is 0 Å². The number of fused-ring (bicyclic) bond motifs is 1. The van der Waals surface area contributed by atoms with Crippen molar-refractivity contribution in [3.05, 3.63) is 48.8 Å². The number of benzene rings is 1. The molecular weight excluding hydrogens is 212 g/mol. The standard InChI is InChI=1S/C14H11N2O/c1-17-13-7-3-2-5-10(13)12-9-16-14-11(12)6-4-8-15-14/h2,4-9H,1H3,(H,15,16). The van der Waals surface area contributed by atoms with Crippen LogP contribution in [-0.4, -0.2) is 17.1 Å². The number of pyridine rings is 1. The molecule has 3 heteroatoms. The summed E-state index contributed by atoms with van der Waals surface area (Å²) in [4.78, 5) is 7.44. The Morgan fingerprint density at radius 2 is 2.24 bits per heavy atom. The van der Waals surface area contributed by atoms with Gasteiger partial charge in [-0.1, -0.05) is 6.07 Å². The molecule has 0 bridgehead atoms. The van der Waals surface area contributed by atoms with E-state index < -0.39 is 0 Å². The second-order valence-electron chi connectivity index (χ2n) is 3.73. The highest BCUT2D eigenvalue weighted by Gasteiger charge is 2.10. The smallest absolute Gasteiger partial charge is 0.137 e. The van der Waals surface area contributed by atoms with Crippen LogP contribution in [-0.2, 0) is 0 Å². The van der Waals surface area contributed by atoms with Gasteiger partial charge in [-0.05, 0) is 30.3 Å². The van der Waals surface area contributed by atoms with Gasteiger partial charge in [0.25, 0.3) is 0 Å². The predicted octanol–water partition coefficient (Wildman–Crippen LogP) is 3.04. The van der Waals surface area contributed by atoms with Crippen LogP contribution in [0.15, 0.2) is 42.7 Å². The summed E-state index contributed by atoms with van der Waals surface area (Å²) in [5, 5.41) is 1.09. The summed E-state index contributed by atoms with van der Waals surface area (Å²) in [5.41, 5.74) is 3.03. The van der Waals surface area contributed by atoms with Gasteiger partial charge in [0, 0.05) is 28.9 Å². The lowest BCUT2D eigenvalue weighted by Crippen LogP contribution is -1.86. The number of nitrogens with one attached hydrogen (secondary N) is 1. The van der Waals surface area contributed by atoms with Crippen molar-refractivity contribution in [2.75, 3.05) is 7.11 Å². The summed E-state index contributed by atoms with van der Waals surface area (Å²) in [6.07, 6.45) is 3.73. The zero-order valence-electron chi connectivity index (χ0n) is 9.40. The first-order valence-electron chi connectivity index (χ1n) is 5.36. The first-order chi connectivity index (χ1) is 8.40. The Balaban J connectivity index is 2.27. The second kappa shape index (κ2) is 3.94. The Morgan fingerprint density at radius 3 is 3.12 bits per heavy atom. The molecule has 0 aliphatic rings. The fourth-order valence-corrected chi connectivity index (χ4v) is 1.99. The van der Waals surface area contributed by atoms with Gasteiger partial charge in [-0.15, -0.1) is 0 Å². The van der Waals surface area contributed by atoms with E-state index in [0.29, 0.717) is 0 Å². The molecule has 0 spiro atoms. The van der Waals surface area contributed by atoms with E-state index in [2.05, 4.69) is 16.0 Å². The number of ether oxygens (including phenoxy) is 1. The number of aromatic nitrogens is 2. The van der Waals surface area contributed by atoms with Gasteiger partial charge in [-0.25, -0.2) is 4.98 Å². The van der Waals surface area contributed by atoms with E-state index in [9.17, 15) is 0 Å². The van der Waals surface area contributed by atoms with Crippen LogP contribution in [0.4, 0.5) is 0 Å². The van der Waals surface area contributed by atoms with Gasteiger partial charge in [-0.2, -0.15) is 0 Å². The van der Waals surface area contributed by atoms with Crippen molar-refractivity contribution in [3.63, 3.8) is 0 Å². The molecule has 0 saturated carbocycles. The normalized spacial score (nSPS) is 10.6. The van der Waals surface area contributed by atoms with Gasteiger partial charge in [0.15, 0.2) is 0 Å². The minimum Gasteiger partial charge on any atom is -0.496 e. The highest BCUT2D eigenvalue weighted by Crippen LogP contribution is 2.33. The average molecular weight is 223 g/mol. The van der Waals surface area contributed by atoms with E-state index in [4.69, 9.17) is 4.74 Å². The summed E-state index contributed by atoms with van der Waals surface area (Å²) in [7, 11) is 1.67. The molecule has 3 rings (SSSR count). The topological polar surface area (TPSA) is 37.9 Å². The molecule has 0 aliphatic heterocycles. The Bertz CT molecular complexity index is 658. The van der Waals surface area contributed by atoms with E-state index in [1.807, 2.05) is 36.5 Å². The van der Waals surface area contributed by atoms with E-state index >= 15 is 0 Å². The minimum absolute atomic E-state index is 0.817. The largest absolute Gasteiger partial charge is 0.496 e. The molecule has 0 unspecified atom stereocenters. The number of rotatable bonds is 2. The molecule has 1 radical (unpaired) electrons. The number of nitrogens with zero attached hydrogens (tertiary/aromatic N) is 1. The van der Waals surface area contributed by atoms with Crippen LogP contribution in [0, 0.1) is 6.07 Å². The van der Waals surface area contributed by atoms with Gasteiger partial charge in [0.05, 0.1) is 7.11 Å². The maximum atomic E-state index is 5.35. The monoisotopic (exact) mass is 223 g/mol. The number of aromatic amines is 1. The van der Waals surface area contributed by atoms with Gasteiger partial charge < -0.3 is 9.72 Å². The van der Waals surface area contributed by atoms with E-state index in [1.54, 1.807) is 13.3 Å². The number of hydrogen-bond acceptors (Lipinski definition) is 2. The van der Waals surface area contributed by atoms with Crippen molar-refractivity contribution in [2.45, 2.75) is 0 Å². The van der Waals surface area contributed by atoms with Gasteiger partial charge in [0.1, 0.15) is 11.4 Å². The third-order valence-corrected chi connectivity index (χ3v) is 2.79. The quantitative estimate of drug-likeness (QED) is 0.725. The number of methoxy groups -OCH3 is 1. The van der Waals surface area contributed by atoms with Crippen molar-refractivity contribution in [3.8, 4) is 16.9 Å². The Hall–Kier alpha value is -2.29. The van der Waals surface area contributed by atoms with Crippen molar-refractivity contribution in [1.29, 1.82) is 0 Å². The van der Waals surface area contributed by atoms with E-state index in [-0.39, 0.29) is 0 Å². The van der Waals surface area contributed by atoms with Gasteiger partial charge >= 0.3 is 0 Å². The molecule has 1 aromatic carbocycles. The zero-order chi connectivity index (χ0) is 11.7. The average Bonchev–Trinajstić information content (AvgIpc) is 2.82. The lowest BCUT2D eigenvalue weighted by molar-refractivity contribution is 0.416. The van der Waals surface area contributed by atoms with Crippen LogP contribution in [0.25, 0.3) is 22.2 Å². The van der Waals surface area contributed by atoms with Crippen LogP contribution in [0.3, 0.4) is 0 Å². The molecular formula is C14H11N2O. The molecule has 2 heterocycles. The maximum Gasteiger partial charge on any atom is 0.137 e. The third-order valence-electron chi connectivity index (χ3n) is 2.79. The molecule has 0 atom stereocenters. The molecule has 0 aliphatic carbocycles. The molecule has 3 aromatic rings. The molecule has 3 nitrogen and oxygen atoms in total. The predicted molar refractivity (Wildman–Crippen MR) is 66.9 cm³/mol. The van der Waals surface area contributed by atoms with Crippen molar-refractivity contribution < 1.29 is 4.74 Å². The molecule has 83 valence electrons. The summed E-state index contributed by atoms with van der Waals surface area (Å²) in [6.45, 7) is 0. The summed E-state index contributed by atoms with van der Waals surface area (Å²) >= 11 is 0. The van der Waals surface area contributed by atoms with Crippen LogP contribution >= 0.6 is 0 Å². The molecule has 17 heavy (non-hydrogen) atoms. The lowest BCUT2D eigenvalue weighted by Gasteiger charge is -2.06. The minimum atomic E-state index is 0.817. The van der Waals surface area contributed by atoms with Crippen LogP contribution < -0.4 is 4.74 Å². The first-order valence-corrected chi connectivity index (χ1v) is 5.36. The van der Waals surface area contributed by atoms with Gasteiger partial charge in [-0.3, -0.25) is 0 Å². The van der Waals surface area contributed by atoms with Crippen molar-refractivity contribution in [2.24, 2.45) is 0 Å². The molecule has 0 saturated heterocycles. The van der Waals surface area contributed by atoms with Crippen LogP contribution in [0.1, 0.15) is 0 Å². The summed E-state index contributed by atoms with van der Waals surface area (Å²) in [5.74, 6) is 0.817. The Kier molecular flexibility index (Phi) is 2.29. The van der Waals surface area contributed by atoms with Crippen LogP contribution in [0.5, 0.6) is 5.75 Å². The van der Waals surface area contributed by atoms with Crippen LogP contribution in [0.2, 0.25) is 0 Å². The second-order valence-corrected chi connectivity index (χ2v) is 3.73. The Labute approximate surface area is 99.1 Å². The summed E-state index contributed by atoms with van der Waals surface area (Å²) in [6, 6.07) is 12.7. The highest BCUT2D eigenvalue weighted by molar-refractivity contribution is 5.95. The lowest BCUT2D eigenvalue weighted by atomic mass is 10.1. The molecule has 1 N–H and O–H groups in total. The highest BCUT2D eigenvalue weighted by atomic mass is 16.5. The molecule has 0 fully saturated rings. The van der Waals surface area contributed by atoms with E-state index in [0.717, 1.165) is 27.9 Å². The summed E-state index contributed by atoms with van der Waals surface area (Å²) < 4.78 is 5.35. The zero-order valence-corrected chi connectivity index (χ0v) is 9.40. The van der Waals surface area contributed by atoms with E-state index in [1.165, 1.54) is 0 Å². The molecule has 0 amide bonds. The number of hydrogen-bond donors (Lipinski definition) is 1. The fraction of sp³-hybridized carbons (Fsp3) is 0.0714. The van der Waals surface area contributed by atoms with Crippen molar-refractivity contribution in [1.82, 2.24) is 9.97 Å². The number of H-pyrrole nitrogens is 1. The van der Waals surface area contributed by atoms with Crippen molar-refractivity contribution >= 4 is 11.0 Å². The Morgan fingerprint density at radius 1 is 1.29 bits per heavy atom.